The van der Waals surface area contributed by atoms with Crippen molar-refractivity contribution in [3.05, 3.63) is 0 Å². The second-order valence-electron chi connectivity index (χ2n) is 6.49. The number of hydrogen-bond donors (Lipinski definition) is 1. The lowest BCUT2D eigenvalue weighted by atomic mass is 9.80. The Morgan fingerprint density at radius 2 is 1.65 bits per heavy atom. The number of aldehydes is 1. The van der Waals surface area contributed by atoms with E-state index in [1.54, 1.807) is 6.92 Å². The summed E-state index contributed by atoms with van der Waals surface area (Å²) in [5, 5.41) is 2.77. The Labute approximate surface area is 104 Å². The lowest BCUT2D eigenvalue weighted by molar-refractivity contribution is -0.112. The van der Waals surface area contributed by atoms with Crippen LogP contribution in [0.4, 0.5) is 4.79 Å². The predicted molar refractivity (Wildman–Crippen MR) is 67.8 cm³/mol. The minimum Gasteiger partial charge on any atom is -0.444 e. The van der Waals surface area contributed by atoms with Gasteiger partial charge in [-0.15, -0.1) is 0 Å². The van der Waals surface area contributed by atoms with Crippen molar-refractivity contribution in [1.82, 2.24) is 5.32 Å². The first-order chi connectivity index (χ1) is 7.47. The van der Waals surface area contributed by atoms with Crippen LogP contribution in [0.25, 0.3) is 0 Å². The Morgan fingerprint density at radius 1 is 1.18 bits per heavy atom. The molecule has 0 aromatic carbocycles. The quantitative estimate of drug-likeness (QED) is 0.775. The fourth-order valence-corrected chi connectivity index (χ4v) is 1.65. The van der Waals surface area contributed by atoms with Gasteiger partial charge in [0, 0.05) is 12.0 Å². The second kappa shape index (κ2) is 5.52. The Morgan fingerprint density at radius 3 is 1.94 bits per heavy atom. The number of ether oxygens (including phenoxy) is 1. The van der Waals surface area contributed by atoms with Gasteiger partial charge in [0.2, 0.25) is 0 Å². The van der Waals surface area contributed by atoms with Gasteiger partial charge in [-0.2, -0.15) is 0 Å². The fraction of sp³-hybridized carbons (Fsp3) is 0.846. The van der Waals surface area contributed by atoms with Crippen molar-refractivity contribution in [3.63, 3.8) is 0 Å². The first kappa shape index (κ1) is 15.9. The van der Waals surface area contributed by atoms with Crippen LogP contribution in [0, 0.1) is 11.3 Å². The van der Waals surface area contributed by atoms with Crippen molar-refractivity contribution in [3.8, 4) is 0 Å². The van der Waals surface area contributed by atoms with Gasteiger partial charge in [0.25, 0.3) is 0 Å². The van der Waals surface area contributed by atoms with E-state index in [2.05, 4.69) is 5.32 Å². The van der Waals surface area contributed by atoms with Crippen molar-refractivity contribution in [2.75, 3.05) is 0 Å². The predicted octanol–water partition coefficient (Wildman–Crippen LogP) is 2.76. The molecule has 0 saturated carbocycles. The van der Waals surface area contributed by atoms with Crippen LogP contribution in [0.3, 0.4) is 0 Å². The first-order valence-electron chi connectivity index (χ1n) is 5.92. The molecule has 0 rings (SSSR count). The van der Waals surface area contributed by atoms with Crippen LogP contribution in [-0.4, -0.2) is 24.0 Å². The van der Waals surface area contributed by atoms with E-state index in [4.69, 9.17) is 4.74 Å². The summed E-state index contributed by atoms with van der Waals surface area (Å²) in [7, 11) is 0. The molecule has 100 valence electrons. The largest absolute Gasteiger partial charge is 0.444 e. The van der Waals surface area contributed by atoms with Crippen LogP contribution in [0.15, 0.2) is 0 Å². The molecule has 4 nitrogen and oxygen atoms in total. The molecule has 17 heavy (non-hydrogen) atoms. The van der Waals surface area contributed by atoms with E-state index in [-0.39, 0.29) is 17.4 Å². The molecule has 0 aromatic heterocycles. The maximum atomic E-state index is 11.7. The van der Waals surface area contributed by atoms with E-state index in [1.807, 2.05) is 41.5 Å². The van der Waals surface area contributed by atoms with Gasteiger partial charge >= 0.3 is 6.09 Å². The van der Waals surface area contributed by atoms with E-state index < -0.39 is 11.7 Å². The Hall–Kier alpha value is -1.06. The zero-order valence-corrected chi connectivity index (χ0v) is 12.0. The van der Waals surface area contributed by atoms with Crippen molar-refractivity contribution in [1.29, 1.82) is 0 Å². The molecule has 0 spiro atoms. The Kier molecular flexibility index (Phi) is 5.17. The van der Waals surface area contributed by atoms with E-state index in [9.17, 15) is 9.59 Å². The number of nitrogens with one attached hydrogen (secondary N) is 1. The van der Waals surface area contributed by atoms with E-state index in [0.29, 0.717) is 0 Å². The third-order valence-corrected chi connectivity index (χ3v) is 2.35. The summed E-state index contributed by atoms with van der Waals surface area (Å²) in [6.07, 6.45) is 0.374. The number of rotatable bonds is 3. The lowest BCUT2D eigenvalue weighted by Crippen LogP contribution is -2.49. The highest BCUT2D eigenvalue weighted by Gasteiger charge is 2.32. The maximum Gasteiger partial charge on any atom is 0.407 e. The average molecular weight is 243 g/mol. The number of hydrogen-bond acceptors (Lipinski definition) is 3. The van der Waals surface area contributed by atoms with Gasteiger partial charge in [0.15, 0.2) is 0 Å². The summed E-state index contributed by atoms with van der Waals surface area (Å²) in [4.78, 5) is 22.6. The third kappa shape index (κ3) is 6.29. The monoisotopic (exact) mass is 243 g/mol. The zero-order valence-electron chi connectivity index (χ0n) is 12.0. The SMILES string of the molecule is CC(C=O)C(NC(=O)OC(C)(C)C)C(C)(C)C. The minimum atomic E-state index is -0.531. The van der Waals surface area contributed by atoms with Gasteiger partial charge in [-0.05, 0) is 26.2 Å². The summed E-state index contributed by atoms with van der Waals surface area (Å²) in [5.74, 6) is -0.248. The third-order valence-electron chi connectivity index (χ3n) is 2.35. The number of alkyl carbamates (subject to hydrolysis) is 1. The molecule has 0 aliphatic carbocycles. The summed E-state index contributed by atoms with van der Waals surface area (Å²) < 4.78 is 5.19. The summed E-state index contributed by atoms with van der Waals surface area (Å²) in [5.41, 5.74) is -0.728. The van der Waals surface area contributed by atoms with Crippen molar-refractivity contribution < 1.29 is 14.3 Å². The Balaban J connectivity index is 4.67. The molecule has 0 fully saturated rings. The molecular formula is C13H25NO3. The molecule has 0 bridgehead atoms. The standard InChI is InChI=1S/C13H25NO3/c1-9(8-15)10(12(2,3)4)14-11(16)17-13(5,6)7/h8-10H,1-7H3,(H,14,16). The zero-order chi connectivity index (χ0) is 13.9. The van der Waals surface area contributed by atoms with Gasteiger partial charge in [-0.1, -0.05) is 27.7 Å². The van der Waals surface area contributed by atoms with Crippen molar-refractivity contribution in [2.24, 2.45) is 11.3 Å². The minimum absolute atomic E-state index is 0.197. The Bertz CT molecular complexity index is 273. The lowest BCUT2D eigenvalue weighted by Gasteiger charge is -2.34. The molecule has 0 heterocycles. The second-order valence-corrected chi connectivity index (χ2v) is 6.49. The van der Waals surface area contributed by atoms with E-state index >= 15 is 0 Å². The number of amides is 1. The highest BCUT2D eigenvalue weighted by Crippen LogP contribution is 2.24. The smallest absolute Gasteiger partial charge is 0.407 e. The highest BCUT2D eigenvalue weighted by atomic mass is 16.6. The number of carbonyl (C=O) groups is 2. The molecular weight excluding hydrogens is 218 g/mol. The van der Waals surface area contributed by atoms with Gasteiger partial charge in [-0.3, -0.25) is 0 Å². The maximum absolute atomic E-state index is 11.7. The van der Waals surface area contributed by atoms with E-state index in [0.717, 1.165) is 6.29 Å². The fourth-order valence-electron chi connectivity index (χ4n) is 1.65. The molecule has 0 aromatic rings. The molecule has 4 heteroatoms. The van der Waals surface area contributed by atoms with Crippen LogP contribution in [0.5, 0.6) is 0 Å². The van der Waals surface area contributed by atoms with Crippen LogP contribution in [-0.2, 0) is 9.53 Å². The van der Waals surface area contributed by atoms with Gasteiger partial charge < -0.3 is 14.8 Å². The van der Waals surface area contributed by atoms with Crippen molar-refractivity contribution >= 4 is 12.4 Å². The van der Waals surface area contributed by atoms with Crippen LogP contribution in [0.1, 0.15) is 48.5 Å². The van der Waals surface area contributed by atoms with Crippen LogP contribution >= 0.6 is 0 Å². The summed E-state index contributed by atoms with van der Waals surface area (Å²) >= 11 is 0. The van der Waals surface area contributed by atoms with E-state index in [1.165, 1.54) is 0 Å². The van der Waals surface area contributed by atoms with Gasteiger partial charge in [-0.25, -0.2) is 4.79 Å². The molecule has 1 amide bonds. The molecule has 0 aliphatic heterocycles. The summed E-state index contributed by atoms with van der Waals surface area (Å²) in [6.45, 7) is 13.2. The van der Waals surface area contributed by atoms with Crippen LogP contribution in [0.2, 0.25) is 0 Å². The molecule has 2 atom stereocenters. The molecule has 0 aliphatic rings. The number of carbonyl (C=O) groups excluding carboxylic acids is 2. The molecule has 2 unspecified atom stereocenters. The molecule has 0 radical (unpaired) electrons. The average Bonchev–Trinajstić information content (AvgIpc) is 2.08. The molecule has 1 N–H and O–H groups in total. The normalized spacial score (nSPS) is 15.9. The topological polar surface area (TPSA) is 55.4 Å². The molecule has 0 saturated heterocycles. The van der Waals surface area contributed by atoms with Crippen molar-refractivity contribution in [2.45, 2.75) is 60.1 Å². The first-order valence-corrected chi connectivity index (χ1v) is 5.92. The highest BCUT2D eigenvalue weighted by molar-refractivity contribution is 5.69. The van der Waals surface area contributed by atoms with Gasteiger partial charge in [0.1, 0.15) is 11.9 Å². The van der Waals surface area contributed by atoms with Crippen LogP contribution < -0.4 is 5.32 Å². The van der Waals surface area contributed by atoms with Gasteiger partial charge in [0.05, 0.1) is 0 Å². The summed E-state index contributed by atoms with van der Waals surface area (Å²) in [6, 6.07) is -0.241.